The first-order valence-corrected chi connectivity index (χ1v) is 11.6. The van der Waals surface area contributed by atoms with Crippen molar-refractivity contribution < 1.29 is 30.0 Å². The van der Waals surface area contributed by atoms with Gasteiger partial charge in [-0.1, -0.05) is 29.8 Å². The number of piperazine rings is 1. The summed E-state index contributed by atoms with van der Waals surface area (Å²) < 4.78 is 89.6. The minimum atomic E-state index is -5.52. The number of anilines is 1. The van der Waals surface area contributed by atoms with Gasteiger partial charge in [0.25, 0.3) is 9.84 Å². The van der Waals surface area contributed by atoms with Gasteiger partial charge in [-0.2, -0.15) is 17.5 Å². The number of hydrogen-bond donors (Lipinski definition) is 0. The summed E-state index contributed by atoms with van der Waals surface area (Å²) in [7, 11) is -9.26. The zero-order valence-corrected chi connectivity index (χ0v) is 17.1. The maximum atomic E-state index is 13.0. The summed E-state index contributed by atoms with van der Waals surface area (Å²) in [5.41, 5.74) is -4.59. The van der Waals surface area contributed by atoms with Crippen LogP contribution in [0.25, 0.3) is 0 Å². The van der Waals surface area contributed by atoms with Crippen molar-refractivity contribution in [3.05, 3.63) is 54.1 Å². The van der Waals surface area contributed by atoms with Crippen molar-refractivity contribution in [3.63, 3.8) is 0 Å². The molecular formula is C18H19F3N2O4S2. The topological polar surface area (TPSA) is 74.8 Å². The molecule has 0 unspecified atom stereocenters. The van der Waals surface area contributed by atoms with Gasteiger partial charge in [0.1, 0.15) is 0 Å². The van der Waals surface area contributed by atoms with Crippen LogP contribution in [0.1, 0.15) is 5.56 Å². The molecule has 0 N–H and O–H groups in total. The van der Waals surface area contributed by atoms with E-state index in [2.05, 4.69) is 0 Å². The Morgan fingerprint density at radius 1 is 0.828 bits per heavy atom. The molecule has 1 saturated heterocycles. The van der Waals surface area contributed by atoms with E-state index in [4.69, 9.17) is 0 Å². The fraction of sp³-hybridized carbons (Fsp3) is 0.333. The van der Waals surface area contributed by atoms with Crippen molar-refractivity contribution >= 4 is 25.5 Å². The number of hydrogen-bond acceptors (Lipinski definition) is 5. The monoisotopic (exact) mass is 448 g/mol. The average Bonchev–Trinajstić information content (AvgIpc) is 2.67. The molecule has 2 aromatic carbocycles. The predicted octanol–water partition coefficient (Wildman–Crippen LogP) is 2.80. The van der Waals surface area contributed by atoms with Crippen LogP contribution < -0.4 is 4.90 Å². The van der Waals surface area contributed by atoms with Crippen LogP contribution >= 0.6 is 0 Å². The van der Waals surface area contributed by atoms with Gasteiger partial charge in [0.2, 0.25) is 10.0 Å². The highest BCUT2D eigenvalue weighted by Gasteiger charge is 2.48. The fourth-order valence-electron chi connectivity index (χ4n) is 3.10. The molecule has 158 valence electrons. The number of sulfonamides is 1. The van der Waals surface area contributed by atoms with E-state index in [1.165, 1.54) is 39.5 Å². The number of sulfone groups is 1. The van der Waals surface area contributed by atoms with Crippen molar-refractivity contribution in [1.82, 2.24) is 4.31 Å². The number of nitrogens with zero attached hydrogens (tertiary/aromatic N) is 2. The van der Waals surface area contributed by atoms with E-state index in [9.17, 15) is 30.0 Å². The number of benzene rings is 2. The maximum Gasteiger partial charge on any atom is 0.501 e. The summed E-state index contributed by atoms with van der Waals surface area (Å²) in [5, 5.41) is 0. The Balaban J connectivity index is 1.83. The lowest BCUT2D eigenvalue weighted by atomic mass is 10.2. The Kier molecular flexibility index (Phi) is 5.67. The van der Waals surface area contributed by atoms with E-state index in [-0.39, 0.29) is 36.8 Å². The van der Waals surface area contributed by atoms with E-state index < -0.39 is 30.3 Å². The number of halogens is 3. The van der Waals surface area contributed by atoms with Gasteiger partial charge >= 0.3 is 5.51 Å². The molecule has 0 spiro atoms. The molecule has 0 saturated carbocycles. The highest BCUT2D eigenvalue weighted by atomic mass is 32.2. The second-order valence-electron chi connectivity index (χ2n) is 6.62. The van der Waals surface area contributed by atoms with Crippen LogP contribution in [0.3, 0.4) is 0 Å². The first kappa shape index (κ1) is 21.6. The van der Waals surface area contributed by atoms with Gasteiger partial charge in [-0.05, 0) is 31.2 Å². The highest BCUT2D eigenvalue weighted by Crippen LogP contribution is 2.36. The molecule has 0 aromatic heterocycles. The molecule has 2 aromatic rings. The molecule has 0 aliphatic carbocycles. The molecule has 1 aliphatic heterocycles. The van der Waals surface area contributed by atoms with Crippen molar-refractivity contribution in [2.24, 2.45) is 0 Å². The molecule has 0 radical (unpaired) electrons. The van der Waals surface area contributed by atoms with E-state index in [1.54, 1.807) is 12.1 Å². The molecule has 0 atom stereocenters. The SMILES string of the molecule is Cc1ccc(S(=O)(=O)N2CCN(c3ccccc3S(=O)(=O)C(F)(F)F)CC2)cc1. The highest BCUT2D eigenvalue weighted by molar-refractivity contribution is 7.92. The molecule has 1 heterocycles. The Morgan fingerprint density at radius 2 is 1.38 bits per heavy atom. The lowest BCUT2D eigenvalue weighted by Crippen LogP contribution is -2.49. The minimum Gasteiger partial charge on any atom is -0.368 e. The Labute approximate surface area is 167 Å². The van der Waals surface area contributed by atoms with Crippen molar-refractivity contribution in [1.29, 1.82) is 0 Å². The lowest BCUT2D eigenvalue weighted by molar-refractivity contribution is -0.0435. The van der Waals surface area contributed by atoms with Gasteiger partial charge in [0.15, 0.2) is 0 Å². The van der Waals surface area contributed by atoms with Gasteiger partial charge in [-0.15, -0.1) is 0 Å². The zero-order valence-electron chi connectivity index (χ0n) is 15.4. The summed E-state index contributed by atoms with van der Waals surface area (Å²) in [4.78, 5) is 0.763. The summed E-state index contributed by atoms with van der Waals surface area (Å²) in [5.74, 6) is 0. The first-order valence-electron chi connectivity index (χ1n) is 8.67. The minimum absolute atomic E-state index is 0.0244. The molecule has 6 nitrogen and oxygen atoms in total. The van der Waals surface area contributed by atoms with Crippen molar-refractivity contribution in [2.45, 2.75) is 22.2 Å². The molecule has 3 rings (SSSR count). The van der Waals surface area contributed by atoms with Crippen LogP contribution in [-0.2, 0) is 19.9 Å². The molecule has 29 heavy (non-hydrogen) atoms. The third kappa shape index (κ3) is 4.12. The van der Waals surface area contributed by atoms with Gasteiger partial charge in [-0.25, -0.2) is 16.8 Å². The van der Waals surface area contributed by atoms with E-state index in [0.29, 0.717) is 0 Å². The van der Waals surface area contributed by atoms with Gasteiger partial charge in [0, 0.05) is 26.2 Å². The fourth-order valence-corrected chi connectivity index (χ4v) is 5.50. The molecule has 1 fully saturated rings. The summed E-state index contributed by atoms with van der Waals surface area (Å²) in [6, 6.07) is 11.2. The summed E-state index contributed by atoms with van der Waals surface area (Å²) >= 11 is 0. The van der Waals surface area contributed by atoms with Crippen molar-refractivity contribution in [2.75, 3.05) is 31.1 Å². The molecular weight excluding hydrogens is 429 g/mol. The largest absolute Gasteiger partial charge is 0.501 e. The third-order valence-electron chi connectivity index (χ3n) is 4.70. The molecule has 0 amide bonds. The van der Waals surface area contributed by atoms with Crippen LogP contribution in [0, 0.1) is 6.92 Å². The van der Waals surface area contributed by atoms with Crippen LogP contribution in [0.5, 0.6) is 0 Å². The quantitative estimate of drug-likeness (QED) is 0.719. The van der Waals surface area contributed by atoms with E-state index in [0.717, 1.165) is 11.6 Å². The van der Waals surface area contributed by atoms with Crippen LogP contribution in [0.15, 0.2) is 58.3 Å². The van der Waals surface area contributed by atoms with Crippen LogP contribution in [-0.4, -0.2) is 52.8 Å². The molecule has 0 bridgehead atoms. The van der Waals surface area contributed by atoms with Crippen LogP contribution in [0.2, 0.25) is 0 Å². The van der Waals surface area contributed by atoms with E-state index >= 15 is 0 Å². The number of para-hydroxylation sites is 1. The first-order chi connectivity index (χ1) is 13.4. The second kappa shape index (κ2) is 7.62. The second-order valence-corrected chi connectivity index (χ2v) is 10.5. The standard InChI is InChI=1S/C18H19F3N2O4S2/c1-14-6-8-15(9-7-14)29(26,27)23-12-10-22(11-13-23)16-4-2-3-5-17(16)28(24,25)18(19,20)21/h2-9H,10-13H2,1H3. The number of aryl methyl sites for hydroxylation is 1. The Morgan fingerprint density at radius 3 is 1.93 bits per heavy atom. The van der Waals surface area contributed by atoms with Gasteiger partial charge in [0.05, 0.1) is 15.5 Å². The zero-order chi connectivity index (χ0) is 21.4. The van der Waals surface area contributed by atoms with E-state index in [1.807, 2.05) is 6.92 Å². The smallest absolute Gasteiger partial charge is 0.368 e. The maximum absolute atomic E-state index is 13.0. The van der Waals surface area contributed by atoms with Crippen molar-refractivity contribution in [3.8, 4) is 0 Å². The molecule has 11 heteroatoms. The van der Waals surface area contributed by atoms with Gasteiger partial charge in [-0.3, -0.25) is 0 Å². The summed E-state index contributed by atoms with van der Waals surface area (Å²) in [6.45, 7) is 2.01. The lowest BCUT2D eigenvalue weighted by Gasteiger charge is -2.36. The normalized spacial score (nSPS) is 16.8. The predicted molar refractivity (Wildman–Crippen MR) is 102 cm³/mol. The van der Waals surface area contributed by atoms with Gasteiger partial charge < -0.3 is 4.90 Å². The third-order valence-corrected chi connectivity index (χ3v) is 8.14. The number of alkyl halides is 3. The Hall–Kier alpha value is -2.11. The number of rotatable bonds is 4. The average molecular weight is 448 g/mol. The Bertz CT molecular complexity index is 1090. The molecule has 1 aliphatic rings. The van der Waals surface area contributed by atoms with Crippen LogP contribution in [0.4, 0.5) is 18.9 Å². The summed E-state index contributed by atoms with van der Waals surface area (Å²) in [6.07, 6.45) is 0.